The maximum absolute atomic E-state index is 12.4. The Balaban J connectivity index is 1.76. The van der Waals surface area contributed by atoms with Crippen LogP contribution in [0.2, 0.25) is 0 Å². The van der Waals surface area contributed by atoms with Crippen molar-refractivity contribution in [1.82, 2.24) is 9.47 Å². The summed E-state index contributed by atoms with van der Waals surface area (Å²) in [5, 5.41) is 0. The highest BCUT2D eigenvalue weighted by Crippen LogP contribution is 2.40. The largest absolute Gasteiger partial charge is 0.464 e. The standard InChI is InChI=1S/C18H20N2O3S/c1-24-11-17(22)19-8-12-7-13(10-19)18-14(15-3-2-6-23-15)4-5-16(21)20(18)9-12/h2-6,12-13H,7-11H2,1H3/t12-,13+/m0/s1. The Hall–Kier alpha value is -1.95. The van der Waals surface area contributed by atoms with E-state index in [9.17, 15) is 9.59 Å². The zero-order valence-corrected chi connectivity index (χ0v) is 14.4. The molecule has 4 heterocycles. The summed E-state index contributed by atoms with van der Waals surface area (Å²) in [7, 11) is 0. The first-order valence-corrected chi connectivity index (χ1v) is 9.61. The number of likely N-dealkylation sites (tertiary alicyclic amines) is 1. The van der Waals surface area contributed by atoms with Gasteiger partial charge in [0.15, 0.2) is 0 Å². The van der Waals surface area contributed by atoms with Gasteiger partial charge in [0, 0.05) is 42.9 Å². The molecule has 1 fully saturated rings. The molecule has 0 radical (unpaired) electrons. The third-order valence-corrected chi connectivity index (χ3v) is 5.53. The molecule has 6 heteroatoms. The van der Waals surface area contributed by atoms with Crippen molar-refractivity contribution in [3.8, 4) is 11.3 Å². The number of nitrogens with zero attached hydrogens (tertiary/aromatic N) is 2. The number of carbonyl (C=O) groups is 1. The van der Waals surface area contributed by atoms with Crippen LogP contribution in [-0.4, -0.2) is 40.5 Å². The molecule has 1 amide bonds. The summed E-state index contributed by atoms with van der Waals surface area (Å²) in [6.07, 6.45) is 4.63. The van der Waals surface area contributed by atoms with E-state index < -0.39 is 0 Å². The van der Waals surface area contributed by atoms with Gasteiger partial charge in [0.05, 0.1) is 12.0 Å². The second-order valence-electron chi connectivity index (χ2n) is 6.59. The van der Waals surface area contributed by atoms with Crippen molar-refractivity contribution in [2.75, 3.05) is 25.1 Å². The number of furan rings is 1. The highest BCUT2D eigenvalue weighted by molar-refractivity contribution is 7.99. The monoisotopic (exact) mass is 344 g/mol. The van der Waals surface area contributed by atoms with E-state index in [0.29, 0.717) is 24.8 Å². The summed E-state index contributed by atoms with van der Waals surface area (Å²) in [6.45, 7) is 2.13. The smallest absolute Gasteiger partial charge is 0.250 e. The fraction of sp³-hybridized carbons (Fsp3) is 0.444. The number of hydrogen-bond acceptors (Lipinski definition) is 4. The van der Waals surface area contributed by atoms with E-state index in [0.717, 1.165) is 30.0 Å². The molecule has 2 aromatic heterocycles. The average molecular weight is 344 g/mol. The SMILES string of the molecule is CSCC(=O)N1C[C@@H]2C[C@H](C1)c1c(-c3ccco3)ccc(=O)n1C2. The van der Waals surface area contributed by atoms with E-state index >= 15 is 0 Å². The molecule has 0 spiro atoms. The Morgan fingerprint density at radius 1 is 1.29 bits per heavy atom. The minimum Gasteiger partial charge on any atom is -0.464 e. The molecule has 24 heavy (non-hydrogen) atoms. The van der Waals surface area contributed by atoms with Crippen molar-refractivity contribution in [2.24, 2.45) is 5.92 Å². The maximum Gasteiger partial charge on any atom is 0.250 e. The van der Waals surface area contributed by atoms with Crippen molar-refractivity contribution in [2.45, 2.75) is 18.9 Å². The molecule has 126 valence electrons. The predicted molar refractivity (Wildman–Crippen MR) is 94.2 cm³/mol. The third-order valence-electron chi connectivity index (χ3n) is 5.00. The van der Waals surface area contributed by atoms with E-state index in [4.69, 9.17) is 4.42 Å². The van der Waals surface area contributed by atoms with E-state index in [2.05, 4.69) is 0 Å². The molecule has 0 N–H and O–H groups in total. The number of rotatable bonds is 3. The van der Waals surface area contributed by atoms with Gasteiger partial charge in [-0.3, -0.25) is 9.59 Å². The van der Waals surface area contributed by atoms with Crippen LogP contribution in [-0.2, 0) is 11.3 Å². The zero-order valence-electron chi connectivity index (χ0n) is 13.6. The summed E-state index contributed by atoms with van der Waals surface area (Å²) in [4.78, 5) is 26.7. The molecule has 2 atom stereocenters. The van der Waals surface area contributed by atoms with Crippen LogP contribution in [0.1, 0.15) is 18.0 Å². The quantitative estimate of drug-likeness (QED) is 0.858. The molecule has 0 saturated carbocycles. The van der Waals surface area contributed by atoms with E-state index in [1.165, 1.54) is 0 Å². The van der Waals surface area contributed by atoms with Crippen molar-refractivity contribution >= 4 is 17.7 Å². The van der Waals surface area contributed by atoms with Crippen LogP contribution < -0.4 is 5.56 Å². The van der Waals surface area contributed by atoms with Crippen LogP contribution in [0.25, 0.3) is 11.3 Å². The van der Waals surface area contributed by atoms with E-state index in [1.54, 1.807) is 24.1 Å². The Morgan fingerprint density at radius 2 is 2.17 bits per heavy atom. The van der Waals surface area contributed by atoms with Gasteiger partial charge in [-0.2, -0.15) is 11.8 Å². The lowest BCUT2D eigenvalue weighted by Crippen LogP contribution is -2.49. The second-order valence-corrected chi connectivity index (χ2v) is 7.45. The Bertz CT molecular complexity index is 812. The van der Waals surface area contributed by atoms with Crippen LogP contribution in [0.4, 0.5) is 0 Å². The van der Waals surface area contributed by atoms with Crippen LogP contribution in [0.15, 0.2) is 39.7 Å². The topological polar surface area (TPSA) is 55.5 Å². The number of hydrogen-bond donors (Lipinski definition) is 0. The molecule has 2 aliphatic rings. The first kappa shape index (κ1) is 15.6. The van der Waals surface area contributed by atoms with E-state index in [-0.39, 0.29) is 17.4 Å². The number of fused-ring (bicyclic) bond motifs is 4. The molecule has 2 aromatic rings. The van der Waals surface area contributed by atoms with Gasteiger partial charge in [0.1, 0.15) is 5.76 Å². The number of carbonyl (C=O) groups excluding carboxylic acids is 1. The second kappa shape index (κ2) is 6.16. The molecular formula is C18H20N2O3S. The normalized spacial score (nSPS) is 22.3. The van der Waals surface area contributed by atoms with Crippen molar-refractivity contribution in [3.63, 3.8) is 0 Å². The highest BCUT2D eigenvalue weighted by atomic mass is 32.2. The number of amides is 1. The number of thioether (sulfide) groups is 1. The molecule has 5 nitrogen and oxygen atoms in total. The Kier molecular flexibility index (Phi) is 4.00. The fourth-order valence-corrected chi connectivity index (χ4v) is 4.50. The predicted octanol–water partition coefficient (Wildman–Crippen LogP) is 2.42. The minimum absolute atomic E-state index is 0.0406. The molecule has 4 rings (SSSR count). The van der Waals surface area contributed by atoms with Crippen LogP contribution in [0.3, 0.4) is 0 Å². The van der Waals surface area contributed by atoms with Gasteiger partial charge < -0.3 is 13.9 Å². The summed E-state index contributed by atoms with van der Waals surface area (Å²) >= 11 is 1.56. The Labute approximate surface area is 144 Å². The molecule has 1 saturated heterocycles. The fourth-order valence-electron chi connectivity index (χ4n) is 4.07. The molecule has 0 aliphatic carbocycles. The molecule has 2 aliphatic heterocycles. The Morgan fingerprint density at radius 3 is 2.92 bits per heavy atom. The van der Waals surface area contributed by atoms with Gasteiger partial charge in [-0.1, -0.05) is 0 Å². The molecular weight excluding hydrogens is 324 g/mol. The van der Waals surface area contributed by atoms with Crippen LogP contribution in [0.5, 0.6) is 0 Å². The van der Waals surface area contributed by atoms with Gasteiger partial charge >= 0.3 is 0 Å². The first-order chi connectivity index (χ1) is 11.7. The molecule has 0 unspecified atom stereocenters. The lowest BCUT2D eigenvalue weighted by Gasteiger charge is -2.43. The van der Waals surface area contributed by atoms with Crippen molar-refractivity contribution in [3.05, 3.63) is 46.6 Å². The van der Waals surface area contributed by atoms with Gasteiger partial charge in [-0.15, -0.1) is 0 Å². The minimum atomic E-state index is 0.0406. The van der Waals surface area contributed by atoms with Gasteiger partial charge in [-0.05, 0) is 36.8 Å². The zero-order chi connectivity index (χ0) is 16.7. The molecule has 0 aromatic carbocycles. The van der Waals surface area contributed by atoms with Gasteiger partial charge in [-0.25, -0.2) is 0 Å². The lowest BCUT2D eigenvalue weighted by molar-refractivity contribution is -0.131. The van der Waals surface area contributed by atoms with Gasteiger partial charge in [0.25, 0.3) is 5.56 Å². The van der Waals surface area contributed by atoms with Crippen molar-refractivity contribution in [1.29, 1.82) is 0 Å². The summed E-state index contributed by atoms with van der Waals surface area (Å²) in [5.41, 5.74) is 2.04. The van der Waals surface area contributed by atoms with Crippen LogP contribution in [0, 0.1) is 5.92 Å². The summed E-state index contributed by atoms with van der Waals surface area (Å²) < 4.78 is 7.47. The average Bonchev–Trinajstić information content (AvgIpc) is 3.10. The number of pyridine rings is 1. The maximum atomic E-state index is 12.4. The summed E-state index contributed by atoms with van der Waals surface area (Å²) in [6, 6.07) is 7.26. The first-order valence-electron chi connectivity index (χ1n) is 8.21. The number of aromatic nitrogens is 1. The molecule has 2 bridgehead atoms. The lowest BCUT2D eigenvalue weighted by atomic mass is 9.81. The van der Waals surface area contributed by atoms with E-state index in [1.807, 2.05) is 33.9 Å². The number of piperidine rings is 1. The van der Waals surface area contributed by atoms with Crippen molar-refractivity contribution < 1.29 is 9.21 Å². The van der Waals surface area contributed by atoms with Gasteiger partial charge in [0.2, 0.25) is 5.91 Å². The highest BCUT2D eigenvalue weighted by Gasteiger charge is 2.37. The third kappa shape index (κ3) is 2.59. The summed E-state index contributed by atoms with van der Waals surface area (Å²) in [5.74, 6) is 2.05. The van der Waals surface area contributed by atoms with Crippen LogP contribution >= 0.6 is 11.8 Å².